The van der Waals surface area contributed by atoms with Gasteiger partial charge in [-0.15, -0.1) is 0 Å². The van der Waals surface area contributed by atoms with E-state index < -0.39 is 5.97 Å². The molecule has 2 N–H and O–H groups in total. The number of carbonyl (C=O) groups is 1. The van der Waals surface area contributed by atoms with Crippen LogP contribution in [0.5, 0.6) is 11.5 Å². The third-order valence-electron chi connectivity index (χ3n) is 3.07. The van der Waals surface area contributed by atoms with Gasteiger partial charge < -0.3 is 14.9 Å². The van der Waals surface area contributed by atoms with Gasteiger partial charge in [-0.25, -0.2) is 4.79 Å². The summed E-state index contributed by atoms with van der Waals surface area (Å²) < 4.78 is 5.50. The zero-order valence-corrected chi connectivity index (χ0v) is 12.3. The summed E-state index contributed by atoms with van der Waals surface area (Å²) in [6.07, 6.45) is 2.53. The van der Waals surface area contributed by atoms with Crippen molar-refractivity contribution < 1.29 is 19.7 Å². The number of carboxylic acid groups (broad SMARTS) is 1. The lowest BCUT2D eigenvalue weighted by Crippen LogP contribution is -1.99. The number of aliphatic carboxylic acids is 1. The van der Waals surface area contributed by atoms with Gasteiger partial charge >= 0.3 is 5.97 Å². The molecule has 0 aliphatic heterocycles. The average Bonchev–Trinajstić information content (AvgIpc) is 2.52. The molecule has 0 unspecified atom stereocenters. The fourth-order valence-corrected chi connectivity index (χ4v) is 1.96. The third kappa shape index (κ3) is 4.12. The lowest BCUT2D eigenvalue weighted by atomic mass is 10.0. The molecule has 0 radical (unpaired) electrons. The van der Waals surface area contributed by atoms with Crippen molar-refractivity contribution in [2.24, 2.45) is 0 Å². The number of benzene rings is 2. The number of aromatic hydroxyl groups is 1. The van der Waals surface area contributed by atoms with Gasteiger partial charge in [0.1, 0.15) is 11.5 Å². The highest BCUT2D eigenvalue weighted by Gasteiger charge is 2.10. The second-order valence-electron chi connectivity index (χ2n) is 4.83. The van der Waals surface area contributed by atoms with Crippen molar-refractivity contribution >= 4 is 17.6 Å². The van der Waals surface area contributed by atoms with Crippen LogP contribution in [0.2, 0.25) is 0 Å². The molecule has 0 aliphatic rings. The van der Waals surface area contributed by atoms with Crippen LogP contribution >= 0.6 is 0 Å². The molecule has 2 rings (SSSR count). The molecule has 4 nitrogen and oxygen atoms in total. The molecular formula is C18H18O4. The first kappa shape index (κ1) is 15.6. The van der Waals surface area contributed by atoms with Crippen molar-refractivity contribution in [3.63, 3.8) is 0 Å². The molecule has 4 heteroatoms. The third-order valence-corrected chi connectivity index (χ3v) is 3.07. The summed E-state index contributed by atoms with van der Waals surface area (Å²) >= 11 is 0. The van der Waals surface area contributed by atoms with Gasteiger partial charge in [-0.05, 0) is 47.9 Å². The maximum atomic E-state index is 11.4. The van der Waals surface area contributed by atoms with Gasteiger partial charge in [0.05, 0.1) is 12.2 Å². The van der Waals surface area contributed by atoms with Crippen molar-refractivity contribution in [3.8, 4) is 11.5 Å². The summed E-state index contributed by atoms with van der Waals surface area (Å²) in [6.45, 7) is 2.69. The SMILES string of the molecule is CCCOc1ccc(/C=C(\C(=O)O)c2ccc(O)cc2)cc1. The van der Waals surface area contributed by atoms with Gasteiger partial charge in [0.15, 0.2) is 0 Å². The van der Waals surface area contributed by atoms with Gasteiger partial charge in [0.2, 0.25) is 0 Å². The summed E-state index contributed by atoms with van der Waals surface area (Å²) in [5.74, 6) is -0.150. The smallest absolute Gasteiger partial charge is 0.336 e. The van der Waals surface area contributed by atoms with Crippen LogP contribution < -0.4 is 4.74 Å². The Morgan fingerprint density at radius 3 is 2.27 bits per heavy atom. The maximum absolute atomic E-state index is 11.4. The molecule has 0 aromatic heterocycles. The second-order valence-corrected chi connectivity index (χ2v) is 4.83. The Balaban J connectivity index is 2.26. The van der Waals surface area contributed by atoms with Crippen LogP contribution in [0, 0.1) is 0 Å². The molecule has 0 aliphatic carbocycles. The highest BCUT2D eigenvalue weighted by Crippen LogP contribution is 2.22. The average molecular weight is 298 g/mol. The topological polar surface area (TPSA) is 66.8 Å². The van der Waals surface area contributed by atoms with Crippen LogP contribution in [-0.2, 0) is 4.79 Å². The number of hydrogen-bond donors (Lipinski definition) is 2. The maximum Gasteiger partial charge on any atom is 0.336 e. The van der Waals surface area contributed by atoms with Gasteiger partial charge in [-0.3, -0.25) is 0 Å². The molecule has 0 spiro atoms. The first-order valence-electron chi connectivity index (χ1n) is 7.07. The molecule has 2 aromatic rings. The summed E-state index contributed by atoms with van der Waals surface area (Å²) in [7, 11) is 0. The van der Waals surface area contributed by atoms with Crippen LogP contribution in [0.3, 0.4) is 0 Å². The van der Waals surface area contributed by atoms with E-state index in [0.717, 1.165) is 17.7 Å². The first-order valence-corrected chi connectivity index (χ1v) is 7.07. The molecular weight excluding hydrogens is 280 g/mol. The number of ether oxygens (including phenoxy) is 1. The van der Waals surface area contributed by atoms with Crippen molar-refractivity contribution in [3.05, 3.63) is 59.7 Å². The number of hydrogen-bond acceptors (Lipinski definition) is 3. The fraction of sp³-hybridized carbons (Fsp3) is 0.167. The summed E-state index contributed by atoms with van der Waals surface area (Å²) in [6, 6.07) is 13.3. The molecule has 0 amide bonds. The second kappa shape index (κ2) is 7.31. The minimum absolute atomic E-state index is 0.103. The molecule has 0 saturated carbocycles. The van der Waals surface area contributed by atoms with E-state index in [1.54, 1.807) is 18.2 Å². The number of carboxylic acids is 1. The van der Waals surface area contributed by atoms with Crippen molar-refractivity contribution in [2.45, 2.75) is 13.3 Å². The summed E-state index contributed by atoms with van der Waals surface area (Å²) in [5.41, 5.74) is 1.48. The molecule has 0 fully saturated rings. The van der Waals surface area contributed by atoms with Crippen molar-refractivity contribution in [1.82, 2.24) is 0 Å². The Morgan fingerprint density at radius 1 is 1.09 bits per heavy atom. The van der Waals surface area contributed by atoms with Gasteiger partial charge in [0.25, 0.3) is 0 Å². The summed E-state index contributed by atoms with van der Waals surface area (Å²) in [4.78, 5) is 11.4. The van der Waals surface area contributed by atoms with Crippen molar-refractivity contribution in [1.29, 1.82) is 0 Å². The lowest BCUT2D eigenvalue weighted by molar-refractivity contribution is -0.130. The Bertz CT molecular complexity index is 654. The van der Waals surface area contributed by atoms with Gasteiger partial charge in [0, 0.05) is 0 Å². The van der Waals surface area contributed by atoms with Crippen LogP contribution in [0.15, 0.2) is 48.5 Å². The highest BCUT2D eigenvalue weighted by molar-refractivity contribution is 6.20. The van der Waals surface area contributed by atoms with E-state index in [2.05, 4.69) is 0 Å². The van der Waals surface area contributed by atoms with Gasteiger partial charge in [-0.1, -0.05) is 31.2 Å². The molecule has 0 atom stereocenters. The first-order chi connectivity index (χ1) is 10.6. The monoisotopic (exact) mass is 298 g/mol. The van der Waals surface area contributed by atoms with Gasteiger partial charge in [-0.2, -0.15) is 0 Å². The van der Waals surface area contributed by atoms with E-state index in [1.807, 2.05) is 31.2 Å². The molecule has 22 heavy (non-hydrogen) atoms. The van der Waals surface area contributed by atoms with Crippen LogP contribution in [0.1, 0.15) is 24.5 Å². The Kier molecular flexibility index (Phi) is 5.20. The normalized spacial score (nSPS) is 11.2. The van der Waals surface area contributed by atoms with Crippen molar-refractivity contribution in [2.75, 3.05) is 6.61 Å². The van der Waals surface area contributed by atoms with Crippen LogP contribution in [0.4, 0.5) is 0 Å². The van der Waals surface area contributed by atoms with E-state index in [1.165, 1.54) is 12.1 Å². The van der Waals surface area contributed by atoms with Crippen LogP contribution in [-0.4, -0.2) is 22.8 Å². The Hall–Kier alpha value is -2.75. The van der Waals surface area contributed by atoms with E-state index in [4.69, 9.17) is 4.74 Å². The molecule has 0 heterocycles. The zero-order chi connectivity index (χ0) is 15.9. The Morgan fingerprint density at radius 2 is 1.73 bits per heavy atom. The lowest BCUT2D eigenvalue weighted by Gasteiger charge is -2.06. The van der Waals surface area contributed by atoms with E-state index in [-0.39, 0.29) is 11.3 Å². The van der Waals surface area contributed by atoms with E-state index in [9.17, 15) is 15.0 Å². The predicted octanol–water partition coefficient (Wildman–Crippen LogP) is 3.81. The minimum Gasteiger partial charge on any atom is -0.508 e. The standard InChI is InChI=1S/C18H18O4/c1-2-11-22-16-9-3-13(4-10-16)12-17(18(20)21)14-5-7-15(19)8-6-14/h3-10,12,19H,2,11H2,1H3,(H,20,21)/b17-12-. The molecule has 0 bridgehead atoms. The largest absolute Gasteiger partial charge is 0.508 e. The molecule has 2 aromatic carbocycles. The Labute approximate surface area is 129 Å². The zero-order valence-electron chi connectivity index (χ0n) is 12.3. The van der Waals surface area contributed by atoms with E-state index >= 15 is 0 Å². The van der Waals surface area contributed by atoms with Crippen LogP contribution in [0.25, 0.3) is 11.6 Å². The number of rotatable bonds is 6. The minimum atomic E-state index is -1.02. The summed E-state index contributed by atoms with van der Waals surface area (Å²) in [5, 5.41) is 18.7. The quantitative estimate of drug-likeness (QED) is 0.628. The van der Waals surface area contributed by atoms with E-state index in [0.29, 0.717) is 12.2 Å². The number of phenolic OH excluding ortho intramolecular Hbond substituents is 1. The molecule has 0 saturated heterocycles. The fourth-order valence-electron chi connectivity index (χ4n) is 1.96. The highest BCUT2D eigenvalue weighted by atomic mass is 16.5. The molecule has 114 valence electrons. The number of phenols is 1. The predicted molar refractivity (Wildman–Crippen MR) is 85.8 cm³/mol.